The molecule has 0 saturated heterocycles. The Kier molecular flexibility index (Phi) is 5.40. The number of aryl methyl sites for hydroxylation is 1. The van der Waals surface area contributed by atoms with Gasteiger partial charge in [0.15, 0.2) is 5.75 Å². The molecule has 1 N–H and O–H groups in total. The van der Waals surface area contributed by atoms with Crippen molar-refractivity contribution in [2.45, 2.75) is 38.5 Å². The summed E-state index contributed by atoms with van der Waals surface area (Å²) in [5.41, 5.74) is 0.719. The molecule has 1 aliphatic rings. The molecular weight excluding hydrogens is 372 g/mol. The summed E-state index contributed by atoms with van der Waals surface area (Å²) in [5, 5.41) is 4.50. The van der Waals surface area contributed by atoms with Crippen LogP contribution in [0, 0.1) is 5.92 Å². The lowest BCUT2D eigenvalue weighted by Crippen LogP contribution is -2.26. The van der Waals surface area contributed by atoms with Crippen molar-refractivity contribution < 1.29 is 9.53 Å². The maximum Gasteiger partial charge on any atom is 0.265 e. The molecule has 0 aliphatic heterocycles. The summed E-state index contributed by atoms with van der Waals surface area (Å²) in [6.45, 7) is 0.666. The molecule has 28 heavy (non-hydrogen) atoms. The van der Waals surface area contributed by atoms with Gasteiger partial charge in [0.2, 0.25) is 0 Å². The quantitative estimate of drug-likeness (QED) is 0.690. The van der Waals surface area contributed by atoms with Gasteiger partial charge in [0, 0.05) is 19.0 Å². The highest BCUT2D eigenvalue weighted by Crippen LogP contribution is 2.39. The highest BCUT2D eigenvalue weighted by Gasteiger charge is 2.24. The van der Waals surface area contributed by atoms with Gasteiger partial charge in [0.05, 0.1) is 17.3 Å². The number of thiophene rings is 1. The molecule has 0 atom stereocenters. The van der Waals surface area contributed by atoms with E-state index < -0.39 is 0 Å². The number of nitrogens with zero attached hydrogens (tertiary/aromatic N) is 1. The van der Waals surface area contributed by atoms with Gasteiger partial charge in [-0.25, -0.2) is 0 Å². The largest absolute Gasteiger partial charge is 0.494 e. The third kappa shape index (κ3) is 3.30. The molecular formula is C22H26N2O3S. The third-order valence-corrected chi connectivity index (χ3v) is 7.07. The van der Waals surface area contributed by atoms with E-state index in [4.69, 9.17) is 4.74 Å². The van der Waals surface area contributed by atoms with Crippen molar-refractivity contribution in [3.8, 4) is 5.75 Å². The number of rotatable bonds is 5. The smallest absolute Gasteiger partial charge is 0.265 e. The van der Waals surface area contributed by atoms with Gasteiger partial charge in [0.25, 0.3) is 11.5 Å². The molecule has 0 radical (unpaired) electrons. The molecule has 6 heteroatoms. The van der Waals surface area contributed by atoms with Crippen LogP contribution in [0.4, 0.5) is 0 Å². The Balaban J connectivity index is 1.67. The molecule has 0 bridgehead atoms. The molecule has 1 amide bonds. The summed E-state index contributed by atoms with van der Waals surface area (Å²) in [7, 11) is 3.28. The highest BCUT2D eigenvalue weighted by molar-refractivity contribution is 7.22. The summed E-state index contributed by atoms with van der Waals surface area (Å²) < 4.78 is 7.97. The number of hydrogen-bond donors (Lipinski definition) is 1. The van der Waals surface area contributed by atoms with Gasteiger partial charge in [-0.05, 0) is 18.4 Å². The number of amides is 1. The first-order valence-corrected chi connectivity index (χ1v) is 10.8. The molecule has 2 aromatic heterocycles. The zero-order valence-corrected chi connectivity index (χ0v) is 17.2. The first-order chi connectivity index (χ1) is 13.6. The number of fused-ring (bicyclic) bond motifs is 3. The van der Waals surface area contributed by atoms with Crippen LogP contribution in [0.15, 0.2) is 29.1 Å². The first kappa shape index (κ1) is 19.0. The average molecular weight is 399 g/mol. The van der Waals surface area contributed by atoms with Crippen molar-refractivity contribution in [1.82, 2.24) is 9.88 Å². The van der Waals surface area contributed by atoms with Crippen LogP contribution < -0.4 is 15.6 Å². The van der Waals surface area contributed by atoms with Crippen LogP contribution >= 0.6 is 11.3 Å². The van der Waals surface area contributed by atoms with E-state index >= 15 is 0 Å². The number of aromatic nitrogens is 1. The van der Waals surface area contributed by atoms with E-state index in [9.17, 15) is 9.59 Å². The fourth-order valence-electron chi connectivity index (χ4n) is 4.33. The minimum absolute atomic E-state index is 0.136. The van der Waals surface area contributed by atoms with Crippen LogP contribution in [0.5, 0.6) is 5.75 Å². The maximum absolute atomic E-state index is 12.9. The van der Waals surface area contributed by atoms with Gasteiger partial charge in [0.1, 0.15) is 10.3 Å². The van der Waals surface area contributed by atoms with Gasteiger partial charge < -0.3 is 14.6 Å². The fraction of sp³-hybridized carbons (Fsp3) is 0.455. The number of benzene rings is 1. The SMILES string of the molecule is COc1c(C(=O)NCCC2CCCCC2)sc2c1c(=O)n(C)c1ccccc21. The van der Waals surface area contributed by atoms with E-state index in [1.807, 2.05) is 24.3 Å². The molecule has 148 valence electrons. The predicted molar refractivity (Wildman–Crippen MR) is 115 cm³/mol. The Morgan fingerprint density at radius 1 is 1.25 bits per heavy atom. The van der Waals surface area contributed by atoms with Crippen molar-refractivity contribution in [2.24, 2.45) is 13.0 Å². The van der Waals surface area contributed by atoms with Crippen molar-refractivity contribution >= 4 is 38.2 Å². The van der Waals surface area contributed by atoms with Gasteiger partial charge in [-0.15, -0.1) is 11.3 Å². The second-order valence-corrected chi connectivity index (χ2v) is 8.62. The second kappa shape index (κ2) is 7.95. The number of pyridine rings is 1. The van der Waals surface area contributed by atoms with Crippen molar-refractivity contribution in [3.63, 3.8) is 0 Å². The summed E-state index contributed by atoms with van der Waals surface area (Å²) in [6.07, 6.45) is 7.50. The summed E-state index contributed by atoms with van der Waals surface area (Å²) in [6, 6.07) is 7.77. The summed E-state index contributed by atoms with van der Waals surface area (Å²) in [4.78, 5) is 26.3. The van der Waals surface area contributed by atoms with E-state index in [0.717, 1.165) is 27.9 Å². The number of carbonyl (C=O) groups is 1. The number of methoxy groups -OCH3 is 1. The number of hydrogen-bond acceptors (Lipinski definition) is 4. The fourth-order valence-corrected chi connectivity index (χ4v) is 5.54. The highest BCUT2D eigenvalue weighted by atomic mass is 32.1. The zero-order chi connectivity index (χ0) is 19.7. The summed E-state index contributed by atoms with van der Waals surface area (Å²) >= 11 is 1.34. The van der Waals surface area contributed by atoms with Gasteiger partial charge >= 0.3 is 0 Å². The topological polar surface area (TPSA) is 60.3 Å². The lowest BCUT2D eigenvalue weighted by Gasteiger charge is -2.21. The normalized spacial score (nSPS) is 15.2. The maximum atomic E-state index is 12.9. The second-order valence-electron chi connectivity index (χ2n) is 7.60. The van der Waals surface area contributed by atoms with E-state index in [0.29, 0.717) is 22.6 Å². The minimum atomic E-state index is -0.153. The number of nitrogens with one attached hydrogen (secondary N) is 1. The molecule has 0 spiro atoms. The van der Waals surface area contributed by atoms with Crippen molar-refractivity contribution in [2.75, 3.05) is 13.7 Å². The Morgan fingerprint density at radius 3 is 2.75 bits per heavy atom. The standard InChI is InChI=1S/C22H26N2O3S/c1-24-16-11-7-6-10-15(16)19-17(22(24)26)18(27-2)20(28-19)21(25)23-13-12-14-8-4-3-5-9-14/h6-7,10-11,14H,3-5,8-9,12-13H2,1-2H3,(H,23,25). The molecule has 2 heterocycles. The molecule has 5 nitrogen and oxygen atoms in total. The van der Waals surface area contributed by atoms with Gasteiger partial charge in [-0.2, -0.15) is 0 Å². The predicted octanol–water partition coefficient (Wildman–Crippen LogP) is 4.46. The van der Waals surface area contributed by atoms with Crippen LogP contribution in [0.1, 0.15) is 48.2 Å². The molecule has 1 aliphatic carbocycles. The molecule has 1 aromatic carbocycles. The Hall–Kier alpha value is -2.34. The Morgan fingerprint density at radius 2 is 2.00 bits per heavy atom. The van der Waals surface area contributed by atoms with Crippen LogP contribution in [-0.4, -0.2) is 24.1 Å². The molecule has 4 rings (SSSR count). The van der Waals surface area contributed by atoms with Crippen LogP contribution in [0.3, 0.4) is 0 Å². The third-order valence-electron chi connectivity index (χ3n) is 5.87. The summed E-state index contributed by atoms with van der Waals surface area (Å²) in [5.74, 6) is 0.955. The number of ether oxygens (including phenoxy) is 1. The lowest BCUT2D eigenvalue weighted by atomic mass is 9.87. The molecule has 3 aromatic rings. The number of para-hydroxylation sites is 1. The Labute approximate surface area is 168 Å². The van der Waals surface area contributed by atoms with Crippen molar-refractivity contribution in [3.05, 3.63) is 39.5 Å². The zero-order valence-electron chi connectivity index (χ0n) is 16.4. The van der Waals surface area contributed by atoms with Gasteiger partial charge in [-0.3, -0.25) is 9.59 Å². The monoisotopic (exact) mass is 398 g/mol. The van der Waals surface area contributed by atoms with E-state index in [1.165, 1.54) is 50.6 Å². The average Bonchev–Trinajstić information content (AvgIpc) is 3.13. The number of carbonyl (C=O) groups excluding carboxylic acids is 1. The Bertz CT molecular complexity index is 1080. The van der Waals surface area contributed by atoms with Crippen LogP contribution in [0.25, 0.3) is 21.0 Å². The van der Waals surface area contributed by atoms with Gasteiger partial charge in [-0.1, -0.05) is 50.3 Å². The van der Waals surface area contributed by atoms with E-state index in [1.54, 1.807) is 11.6 Å². The van der Waals surface area contributed by atoms with Crippen molar-refractivity contribution in [1.29, 1.82) is 0 Å². The van der Waals surface area contributed by atoms with E-state index in [2.05, 4.69) is 5.32 Å². The molecule has 1 fully saturated rings. The molecule has 0 unspecified atom stereocenters. The lowest BCUT2D eigenvalue weighted by molar-refractivity contribution is 0.0952. The van der Waals surface area contributed by atoms with Crippen LogP contribution in [-0.2, 0) is 7.05 Å². The minimum Gasteiger partial charge on any atom is -0.494 e. The van der Waals surface area contributed by atoms with E-state index in [-0.39, 0.29) is 11.5 Å². The molecule has 1 saturated carbocycles. The first-order valence-electron chi connectivity index (χ1n) is 9.98. The van der Waals surface area contributed by atoms with Crippen LogP contribution in [0.2, 0.25) is 0 Å².